The van der Waals surface area contributed by atoms with Crippen molar-refractivity contribution in [2.45, 2.75) is 52.7 Å². The van der Waals surface area contributed by atoms with E-state index >= 15 is 0 Å². The zero-order valence-electron chi connectivity index (χ0n) is 21.6. The van der Waals surface area contributed by atoms with Gasteiger partial charge < -0.3 is 19.9 Å². The number of rotatable bonds is 4. The molecule has 3 aromatic rings. The van der Waals surface area contributed by atoms with Crippen molar-refractivity contribution in [1.82, 2.24) is 9.55 Å². The van der Waals surface area contributed by atoms with Crippen LogP contribution in [0.3, 0.4) is 0 Å². The predicted octanol–water partition coefficient (Wildman–Crippen LogP) is 5.86. The summed E-state index contributed by atoms with van der Waals surface area (Å²) < 4.78 is 26.7. The maximum atomic E-state index is 14.5. The molecule has 0 spiro atoms. The Morgan fingerprint density at radius 3 is 2.13 bits per heavy atom. The number of carboxylic acids is 1. The monoisotopic (exact) mass is 660 g/mol. The number of fused-ring (bicyclic) bond motifs is 1. The van der Waals surface area contributed by atoms with Gasteiger partial charge in [0.2, 0.25) is 5.13 Å². The molecule has 2 heterocycles. The number of nitrogens with one attached hydrogen (secondary N) is 1. The molecule has 0 saturated carbocycles. The highest BCUT2D eigenvalue weighted by Crippen LogP contribution is 2.34. The van der Waals surface area contributed by atoms with Crippen molar-refractivity contribution >= 4 is 78.9 Å². The molecule has 38 heavy (non-hydrogen) atoms. The van der Waals surface area contributed by atoms with Crippen molar-refractivity contribution in [3.8, 4) is 0 Å². The lowest BCUT2D eigenvalue weighted by atomic mass is 10.2. The van der Waals surface area contributed by atoms with E-state index in [0.717, 1.165) is 4.57 Å². The van der Waals surface area contributed by atoms with Crippen LogP contribution in [0.25, 0.3) is 10.2 Å². The van der Waals surface area contributed by atoms with Gasteiger partial charge in [-0.25, -0.2) is 23.8 Å². The van der Waals surface area contributed by atoms with Crippen molar-refractivity contribution < 1.29 is 33.4 Å². The third-order valence-electron chi connectivity index (χ3n) is 4.67. The number of imide groups is 1. The summed E-state index contributed by atoms with van der Waals surface area (Å²) in [5.41, 5.74) is -3.50. The van der Waals surface area contributed by atoms with Gasteiger partial charge in [0, 0.05) is 10.6 Å². The number of carbonyl (C=O) groups is 3. The summed E-state index contributed by atoms with van der Waals surface area (Å²) in [5, 5.41) is 12.4. The number of carboxylic acid groups (broad SMARTS) is 1. The molecule has 2 N–H and O–H groups in total. The van der Waals surface area contributed by atoms with Crippen LogP contribution in [0.4, 0.5) is 30.6 Å². The van der Waals surface area contributed by atoms with E-state index in [9.17, 15) is 28.7 Å². The number of nitrogens with zero attached hydrogens (tertiary/aromatic N) is 3. The van der Waals surface area contributed by atoms with E-state index in [1.54, 1.807) is 47.6 Å². The molecular formula is C24H26FIN4O7S. The average molecular weight is 660 g/mol. The number of halogens is 2. The summed E-state index contributed by atoms with van der Waals surface area (Å²) >= 11 is 2.54. The number of hydrogen-bond acceptors (Lipinski definition) is 9. The molecular weight excluding hydrogens is 634 g/mol. The van der Waals surface area contributed by atoms with Gasteiger partial charge in [-0.2, -0.15) is 4.90 Å². The molecule has 14 heteroatoms. The van der Waals surface area contributed by atoms with Gasteiger partial charge in [0.15, 0.2) is 0 Å². The highest BCUT2D eigenvalue weighted by molar-refractivity contribution is 14.1. The van der Waals surface area contributed by atoms with Crippen molar-refractivity contribution in [2.75, 3.05) is 10.2 Å². The number of aromatic carboxylic acids is 1. The summed E-state index contributed by atoms with van der Waals surface area (Å²) in [6.07, 6.45) is -2.25. The van der Waals surface area contributed by atoms with E-state index < -0.39 is 46.3 Å². The van der Waals surface area contributed by atoms with Crippen molar-refractivity contribution in [1.29, 1.82) is 0 Å². The van der Waals surface area contributed by atoms with Gasteiger partial charge in [0.25, 0.3) is 5.56 Å². The second kappa shape index (κ2) is 10.5. The maximum Gasteiger partial charge on any atom is 0.426 e. The molecule has 0 radical (unpaired) electrons. The fourth-order valence-corrected chi connectivity index (χ4v) is 4.65. The fraction of sp³-hybridized carbons (Fsp3) is 0.375. The number of benzene rings is 1. The summed E-state index contributed by atoms with van der Waals surface area (Å²) in [5.74, 6) is -2.38. The molecule has 3 rings (SSSR count). The first-order valence-electron chi connectivity index (χ1n) is 11.1. The number of anilines is 3. The first kappa shape index (κ1) is 29.3. The van der Waals surface area contributed by atoms with Gasteiger partial charge in [-0.15, -0.1) is 0 Å². The van der Waals surface area contributed by atoms with Crippen LogP contribution in [0.15, 0.2) is 23.0 Å². The van der Waals surface area contributed by atoms with Gasteiger partial charge in [-0.3, -0.25) is 9.36 Å². The molecule has 0 unspecified atom stereocenters. The Labute approximate surface area is 234 Å². The number of thiazole rings is 1. The van der Waals surface area contributed by atoms with Gasteiger partial charge in [-0.05, 0) is 82.3 Å². The molecule has 0 aliphatic rings. The zero-order valence-corrected chi connectivity index (χ0v) is 24.6. The van der Waals surface area contributed by atoms with Crippen molar-refractivity contribution in [3.05, 3.63) is 43.5 Å². The van der Waals surface area contributed by atoms with E-state index in [2.05, 4.69) is 10.3 Å². The van der Waals surface area contributed by atoms with E-state index in [-0.39, 0.29) is 26.9 Å². The molecule has 2 amide bonds. The van der Waals surface area contributed by atoms with Gasteiger partial charge in [0.05, 0.1) is 5.69 Å². The summed E-state index contributed by atoms with van der Waals surface area (Å²) in [7, 11) is 1.31. The SMILES string of the molecule is Cn1c(Nc2ccc(I)cc2F)c(C(=O)O)c2nc(N(C(=O)OC(C)(C)C)C(=O)OC(C)(C)C)sc2c1=O. The smallest absolute Gasteiger partial charge is 0.426 e. The Kier molecular flexibility index (Phi) is 8.07. The van der Waals surface area contributed by atoms with Crippen LogP contribution in [0, 0.1) is 9.39 Å². The molecule has 0 saturated heterocycles. The minimum absolute atomic E-state index is 0.0677. The second-order valence-electron chi connectivity index (χ2n) is 10.1. The van der Waals surface area contributed by atoms with Gasteiger partial charge in [-0.1, -0.05) is 11.3 Å². The minimum atomic E-state index is -1.48. The normalized spacial score (nSPS) is 11.8. The Morgan fingerprint density at radius 1 is 1.11 bits per heavy atom. The Balaban J connectivity index is 2.26. The first-order chi connectivity index (χ1) is 17.4. The summed E-state index contributed by atoms with van der Waals surface area (Å²) in [4.78, 5) is 56.4. The molecule has 0 fully saturated rings. The Morgan fingerprint density at radius 2 is 1.66 bits per heavy atom. The molecule has 204 valence electrons. The number of amides is 2. The standard InChI is InChI=1S/C24H26FIN4O7S/c1-23(2,3)36-21(34)30(22(35)37-24(4,5)6)20-28-15-14(19(32)33)17(29(7)18(31)16(15)38-20)27-13-9-8-11(26)10-12(13)25/h8-10,27H,1-7H3,(H,32,33). The van der Waals surface area contributed by atoms with Gasteiger partial charge in [0.1, 0.15) is 38.6 Å². The van der Waals surface area contributed by atoms with E-state index in [4.69, 9.17) is 9.47 Å². The largest absolute Gasteiger partial charge is 0.477 e. The highest BCUT2D eigenvalue weighted by Gasteiger charge is 2.36. The highest BCUT2D eigenvalue weighted by atomic mass is 127. The van der Waals surface area contributed by atoms with Crippen LogP contribution in [0.1, 0.15) is 51.9 Å². The predicted molar refractivity (Wildman–Crippen MR) is 149 cm³/mol. The van der Waals surface area contributed by atoms with Gasteiger partial charge >= 0.3 is 18.2 Å². The number of ether oxygens (including phenoxy) is 2. The Bertz CT molecular complexity index is 1480. The van der Waals surface area contributed by atoms with Crippen molar-refractivity contribution in [3.63, 3.8) is 0 Å². The average Bonchev–Trinajstić information content (AvgIpc) is 3.15. The lowest BCUT2D eigenvalue weighted by Crippen LogP contribution is -2.43. The molecule has 2 aromatic heterocycles. The van der Waals surface area contributed by atoms with E-state index in [0.29, 0.717) is 19.8 Å². The van der Waals surface area contributed by atoms with Crippen LogP contribution < -0.4 is 15.8 Å². The molecule has 0 aliphatic heterocycles. The fourth-order valence-electron chi connectivity index (χ4n) is 3.17. The minimum Gasteiger partial charge on any atom is -0.477 e. The summed E-state index contributed by atoms with van der Waals surface area (Å²) in [6.45, 7) is 9.56. The van der Waals surface area contributed by atoms with E-state index in [1.165, 1.54) is 19.2 Å². The third kappa shape index (κ3) is 6.40. The molecule has 1 aromatic carbocycles. The zero-order chi connectivity index (χ0) is 28.7. The summed E-state index contributed by atoms with van der Waals surface area (Å²) in [6, 6.07) is 4.24. The van der Waals surface area contributed by atoms with Crippen LogP contribution in [0.5, 0.6) is 0 Å². The number of carbonyl (C=O) groups excluding carboxylic acids is 2. The van der Waals surface area contributed by atoms with E-state index in [1.807, 2.05) is 22.6 Å². The first-order valence-corrected chi connectivity index (χ1v) is 13.0. The van der Waals surface area contributed by atoms with Crippen LogP contribution in [0.2, 0.25) is 0 Å². The number of hydrogen-bond donors (Lipinski definition) is 2. The molecule has 11 nitrogen and oxygen atoms in total. The number of pyridine rings is 1. The maximum absolute atomic E-state index is 14.5. The van der Waals surface area contributed by atoms with Crippen LogP contribution in [-0.2, 0) is 16.5 Å². The Hall–Kier alpha value is -3.27. The third-order valence-corrected chi connectivity index (χ3v) is 6.36. The van der Waals surface area contributed by atoms with Crippen molar-refractivity contribution in [2.24, 2.45) is 7.05 Å². The molecule has 0 aliphatic carbocycles. The van der Waals surface area contributed by atoms with Crippen LogP contribution in [-0.4, -0.2) is 44.0 Å². The topological polar surface area (TPSA) is 140 Å². The molecule has 0 bridgehead atoms. The lowest BCUT2D eigenvalue weighted by Gasteiger charge is -2.27. The quantitative estimate of drug-likeness (QED) is 0.330. The second-order valence-corrected chi connectivity index (χ2v) is 12.3. The lowest BCUT2D eigenvalue weighted by molar-refractivity contribution is 0.0430. The van der Waals surface area contributed by atoms with Crippen LogP contribution >= 0.6 is 33.9 Å². The number of aromatic nitrogens is 2. The molecule has 0 atom stereocenters.